The molecule has 1 unspecified atom stereocenters. The Morgan fingerprint density at radius 1 is 1.35 bits per heavy atom. The number of nitrogens with zero attached hydrogens (tertiary/aromatic N) is 2. The summed E-state index contributed by atoms with van der Waals surface area (Å²) >= 11 is 0. The van der Waals surface area contributed by atoms with Crippen LogP contribution in [-0.4, -0.2) is 40.9 Å². The van der Waals surface area contributed by atoms with E-state index in [1.165, 1.54) is 0 Å². The summed E-state index contributed by atoms with van der Waals surface area (Å²) in [5.41, 5.74) is 6.38. The number of urea groups is 1. The van der Waals surface area contributed by atoms with Crippen molar-refractivity contribution in [3.63, 3.8) is 0 Å². The number of amides is 2. The third-order valence-corrected chi connectivity index (χ3v) is 3.65. The quantitative estimate of drug-likeness (QED) is 0.438. The van der Waals surface area contributed by atoms with Gasteiger partial charge in [-0.1, -0.05) is 0 Å². The van der Waals surface area contributed by atoms with Crippen molar-refractivity contribution in [2.24, 2.45) is 11.6 Å². The summed E-state index contributed by atoms with van der Waals surface area (Å²) in [4.78, 5) is 14.2. The first-order chi connectivity index (χ1) is 9.21. The molecule has 0 bridgehead atoms. The molecule has 5 N–H and O–H groups in total. The Labute approximate surface area is 119 Å². The molecule has 1 atom stereocenters. The fourth-order valence-electron chi connectivity index (χ4n) is 2.28. The smallest absolute Gasteiger partial charge is 0.443 e. The van der Waals surface area contributed by atoms with Gasteiger partial charge in [-0.2, -0.15) is 10.4 Å². The van der Waals surface area contributed by atoms with Gasteiger partial charge in [0.25, 0.3) is 0 Å². The van der Waals surface area contributed by atoms with Crippen molar-refractivity contribution in [1.82, 2.24) is 0 Å². The van der Waals surface area contributed by atoms with Gasteiger partial charge < -0.3 is 10.8 Å². The first-order valence-electron chi connectivity index (χ1n) is 6.77. The average Bonchev–Trinajstić information content (AvgIpc) is 2.65. The maximum absolute atomic E-state index is 12.5. The number of phenolic OH excluding ortho intramolecular Hbond substituents is 1. The number of carbonyl (C=O) groups excluding carboxylic acids is 1. The average molecular weight is 279 g/mol. The van der Waals surface area contributed by atoms with E-state index in [1.807, 2.05) is 13.8 Å². The van der Waals surface area contributed by atoms with E-state index in [-0.39, 0.29) is 21.9 Å². The standard InChI is InChI=1S/C14H22N4O2/c1-14(2,15)7-9-18(16)10-8-17(13(18)20)11-3-5-12(19)6-4-11/h3-6H,7-10,15-16H2,1-2H3/p+1. The molecule has 1 heterocycles. The molecule has 2 amide bonds. The Balaban J connectivity index is 2.10. The Bertz CT molecular complexity index is 495. The van der Waals surface area contributed by atoms with Gasteiger partial charge in [0.05, 0.1) is 6.54 Å². The minimum absolute atomic E-state index is 0.110. The number of hydrogen-bond donors (Lipinski definition) is 3. The van der Waals surface area contributed by atoms with E-state index >= 15 is 0 Å². The van der Waals surface area contributed by atoms with Gasteiger partial charge in [0.1, 0.15) is 18.8 Å². The van der Waals surface area contributed by atoms with Gasteiger partial charge in [-0.25, -0.2) is 4.79 Å². The van der Waals surface area contributed by atoms with Crippen LogP contribution in [0.15, 0.2) is 24.3 Å². The summed E-state index contributed by atoms with van der Waals surface area (Å²) in [6, 6.07) is 6.44. The van der Waals surface area contributed by atoms with Crippen LogP contribution in [-0.2, 0) is 0 Å². The second-order valence-electron chi connectivity index (χ2n) is 6.17. The SMILES string of the molecule is CC(C)(N)CC[N+]1(N)CCN(c2ccc(O)cc2)C1=O. The topological polar surface area (TPSA) is 92.6 Å². The third kappa shape index (κ3) is 3.09. The number of benzene rings is 1. The second kappa shape index (κ2) is 5.05. The van der Waals surface area contributed by atoms with Crippen LogP contribution in [0.1, 0.15) is 20.3 Å². The number of rotatable bonds is 4. The molecule has 1 aliphatic rings. The second-order valence-corrected chi connectivity index (χ2v) is 6.17. The largest absolute Gasteiger partial charge is 0.508 e. The van der Waals surface area contributed by atoms with Crippen molar-refractivity contribution < 1.29 is 14.5 Å². The highest BCUT2D eigenvalue weighted by molar-refractivity contribution is 5.88. The Morgan fingerprint density at radius 2 is 1.95 bits per heavy atom. The summed E-state index contributed by atoms with van der Waals surface area (Å²) in [5.74, 6) is 6.39. The maximum atomic E-state index is 12.5. The molecular formula is C14H23N4O2+. The normalized spacial score (nSPS) is 23.4. The fraction of sp³-hybridized carbons (Fsp3) is 0.500. The van der Waals surface area contributed by atoms with E-state index in [4.69, 9.17) is 11.6 Å². The molecule has 6 heteroatoms. The van der Waals surface area contributed by atoms with Crippen molar-refractivity contribution in [2.45, 2.75) is 25.8 Å². The highest BCUT2D eigenvalue weighted by Gasteiger charge is 2.45. The van der Waals surface area contributed by atoms with E-state index in [2.05, 4.69) is 0 Å². The predicted molar refractivity (Wildman–Crippen MR) is 77.9 cm³/mol. The maximum Gasteiger partial charge on any atom is 0.443 e. The molecule has 110 valence electrons. The number of aromatic hydroxyl groups is 1. The summed E-state index contributed by atoms with van der Waals surface area (Å²) in [6.45, 7) is 5.52. The highest BCUT2D eigenvalue weighted by atomic mass is 16.3. The van der Waals surface area contributed by atoms with Crippen LogP contribution in [0.5, 0.6) is 5.75 Å². The van der Waals surface area contributed by atoms with Crippen molar-refractivity contribution in [3.05, 3.63) is 24.3 Å². The van der Waals surface area contributed by atoms with E-state index in [0.717, 1.165) is 5.69 Å². The first kappa shape index (κ1) is 14.8. The van der Waals surface area contributed by atoms with Crippen LogP contribution >= 0.6 is 0 Å². The summed E-state index contributed by atoms with van der Waals surface area (Å²) < 4.78 is -0.110. The summed E-state index contributed by atoms with van der Waals surface area (Å²) in [7, 11) is 0. The van der Waals surface area contributed by atoms with E-state index < -0.39 is 0 Å². The molecule has 0 radical (unpaired) electrons. The number of anilines is 1. The fourth-order valence-corrected chi connectivity index (χ4v) is 2.28. The van der Waals surface area contributed by atoms with Crippen LogP contribution in [0.25, 0.3) is 0 Å². The first-order valence-corrected chi connectivity index (χ1v) is 6.77. The third-order valence-electron chi connectivity index (χ3n) is 3.65. The summed E-state index contributed by atoms with van der Waals surface area (Å²) in [6.07, 6.45) is 0.679. The van der Waals surface area contributed by atoms with Crippen LogP contribution in [0, 0.1) is 0 Å². The molecule has 20 heavy (non-hydrogen) atoms. The van der Waals surface area contributed by atoms with Crippen LogP contribution in [0.4, 0.5) is 10.5 Å². The van der Waals surface area contributed by atoms with Gasteiger partial charge in [0.2, 0.25) is 0 Å². The minimum atomic E-state index is -0.336. The predicted octanol–water partition coefficient (Wildman–Crippen LogP) is 1.15. The molecule has 0 saturated carbocycles. The summed E-state index contributed by atoms with van der Waals surface area (Å²) in [5, 5.41) is 9.30. The minimum Gasteiger partial charge on any atom is -0.508 e. The van der Waals surface area contributed by atoms with Gasteiger partial charge in [0.15, 0.2) is 0 Å². The Morgan fingerprint density at radius 3 is 2.50 bits per heavy atom. The van der Waals surface area contributed by atoms with E-state index in [1.54, 1.807) is 29.2 Å². The molecule has 1 aromatic rings. The molecule has 0 aliphatic carbocycles. The monoisotopic (exact) mass is 279 g/mol. The lowest BCUT2D eigenvalue weighted by Gasteiger charge is -2.28. The van der Waals surface area contributed by atoms with Crippen LogP contribution in [0.2, 0.25) is 0 Å². The van der Waals surface area contributed by atoms with E-state index in [0.29, 0.717) is 26.1 Å². The van der Waals surface area contributed by atoms with Gasteiger partial charge >= 0.3 is 6.03 Å². The number of nitrogens with two attached hydrogens (primary N) is 2. The molecule has 1 aliphatic heterocycles. The van der Waals surface area contributed by atoms with Crippen LogP contribution < -0.4 is 16.5 Å². The molecular weight excluding hydrogens is 256 g/mol. The van der Waals surface area contributed by atoms with Crippen LogP contribution in [0.3, 0.4) is 0 Å². The number of phenols is 1. The van der Waals surface area contributed by atoms with E-state index in [9.17, 15) is 9.90 Å². The lowest BCUT2D eigenvalue weighted by atomic mass is 10.0. The lowest BCUT2D eigenvalue weighted by Crippen LogP contribution is -2.59. The molecule has 1 fully saturated rings. The van der Waals surface area contributed by atoms with Gasteiger partial charge in [-0.15, -0.1) is 0 Å². The number of quaternary nitrogens is 1. The zero-order chi connectivity index (χ0) is 15.0. The zero-order valence-corrected chi connectivity index (χ0v) is 12.0. The molecule has 1 aromatic carbocycles. The highest BCUT2D eigenvalue weighted by Crippen LogP contribution is 2.25. The molecule has 6 nitrogen and oxygen atoms in total. The van der Waals surface area contributed by atoms with Crippen molar-refractivity contribution >= 4 is 11.7 Å². The van der Waals surface area contributed by atoms with Crippen molar-refractivity contribution in [3.8, 4) is 5.75 Å². The Kier molecular flexibility index (Phi) is 3.73. The van der Waals surface area contributed by atoms with Crippen molar-refractivity contribution in [1.29, 1.82) is 0 Å². The van der Waals surface area contributed by atoms with Gasteiger partial charge in [-0.05, 0) is 38.1 Å². The molecule has 1 saturated heterocycles. The molecule has 0 aromatic heterocycles. The zero-order valence-electron chi connectivity index (χ0n) is 12.0. The lowest BCUT2D eigenvalue weighted by molar-refractivity contribution is -0.852. The number of hydrogen-bond acceptors (Lipinski definition) is 4. The molecule has 2 rings (SSSR count). The van der Waals surface area contributed by atoms with Gasteiger partial charge in [0, 0.05) is 17.6 Å². The van der Waals surface area contributed by atoms with Gasteiger partial charge in [-0.3, -0.25) is 4.90 Å². The molecule has 0 spiro atoms. The van der Waals surface area contributed by atoms with Crippen molar-refractivity contribution in [2.75, 3.05) is 24.5 Å². The number of carbonyl (C=O) groups is 1. The Hall–Kier alpha value is -1.63.